The highest BCUT2D eigenvalue weighted by Gasteiger charge is 2.33. The maximum atomic E-state index is 13.1. The van der Waals surface area contributed by atoms with E-state index in [4.69, 9.17) is 4.74 Å². The molecule has 1 aliphatic heterocycles. The molecule has 0 atom stereocenters. The van der Waals surface area contributed by atoms with E-state index in [9.17, 15) is 4.79 Å². The van der Waals surface area contributed by atoms with Crippen LogP contribution in [0.3, 0.4) is 0 Å². The standard InChI is InChI=1S/C21H23N3O2/c1-4-23(5-2)21-22-19(15-16-11-13-18(26-3)14-12-16)20(25)24(21)17-9-7-6-8-10-17/h6-15H,4-5H2,1-3H3/b19-15-. The number of hydrogen-bond donors (Lipinski definition) is 0. The quantitative estimate of drug-likeness (QED) is 0.772. The number of anilines is 1. The van der Waals surface area contributed by atoms with Gasteiger partial charge in [0.2, 0.25) is 5.96 Å². The number of aliphatic imine (C=N–C) groups is 1. The van der Waals surface area contributed by atoms with Crippen molar-refractivity contribution in [3.05, 3.63) is 65.9 Å². The lowest BCUT2D eigenvalue weighted by Gasteiger charge is -2.27. The van der Waals surface area contributed by atoms with Crippen LogP contribution in [0.15, 0.2) is 65.3 Å². The highest BCUT2D eigenvalue weighted by Crippen LogP contribution is 2.26. The minimum absolute atomic E-state index is 0.117. The molecule has 0 fully saturated rings. The number of carbonyl (C=O) groups is 1. The number of carbonyl (C=O) groups excluding carboxylic acids is 1. The van der Waals surface area contributed by atoms with Gasteiger partial charge in [0.05, 0.1) is 12.8 Å². The molecule has 1 aliphatic rings. The van der Waals surface area contributed by atoms with Gasteiger partial charge in [-0.2, -0.15) is 0 Å². The third-order valence-electron chi connectivity index (χ3n) is 4.32. The van der Waals surface area contributed by atoms with Gasteiger partial charge in [-0.3, -0.25) is 4.79 Å². The van der Waals surface area contributed by atoms with Gasteiger partial charge in [0.25, 0.3) is 5.91 Å². The Kier molecular flexibility index (Phi) is 5.37. The molecule has 134 valence electrons. The van der Waals surface area contributed by atoms with Crippen LogP contribution in [0, 0.1) is 0 Å². The lowest BCUT2D eigenvalue weighted by molar-refractivity contribution is -0.113. The van der Waals surface area contributed by atoms with Crippen LogP contribution in [0.25, 0.3) is 6.08 Å². The molecule has 0 saturated carbocycles. The van der Waals surface area contributed by atoms with Crippen LogP contribution in [0.4, 0.5) is 5.69 Å². The lowest BCUT2D eigenvalue weighted by atomic mass is 10.2. The number of hydrogen-bond acceptors (Lipinski definition) is 4. The average Bonchev–Trinajstić information content (AvgIpc) is 3.00. The predicted octanol–water partition coefficient (Wildman–Crippen LogP) is 3.78. The molecule has 5 heteroatoms. The van der Waals surface area contributed by atoms with Crippen LogP contribution in [-0.2, 0) is 4.79 Å². The summed E-state index contributed by atoms with van der Waals surface area (Å²) in [5, 5.41) is 0. The van der Waals surface area contributed by atoms with Crippen molar-refractivity contribution in [2.24, 2.45) is 4.99 Å². The number of ether oxygens (including phenoxy) is 1. The molecule has 0 spiro atoms. The Hall–Kier alpha value is -3.08. The van der Waals surface area contributed by atoms with Crippen molar-refractivity contribution >= 4 is 23.6 Å². The molecule has 1 amide bonds. The second-order valence-electron chi connectivity index (χ2n) is 5.86. The van der Waals surface area contributed by atoms with Crippen LogP contribution < -0.4 is 9.64 Å². The molecular formula is C21H23N3O2. The first-order chi connectivity index (χ1) is 12.7. The van der Waals surface area contributed by atoms with Gasteiger partial charge in [-0.1, -0.05) is 30.3 Å². The Bertz CT molecular complexity index is 822. The largest absolute Gasteiger partial charge is 0.497 e. The number of para-hydroxylation sites is 1. The van der Waals surface area contributed by atoms with Gasteiger partial charge >= 0.3 is 0 Å². The second kappa shape index (κ2) is 7.87. The molecule has 0 radical (unpaired) electrons. The van der Waals surface area contributed by atoms with Crippen molar-refractivity contribution in [3.8, 4) is 5.75 Å². The van der Waals surface area contributed by atoms with Crippen LogP contribution in [-0.4, -0.2) is 37.0 Å². The Labute approximate surface area is 154 Å². The normalized spacial score (nSPS) is 15.3. The summed E-state index contributed by atoms with van der Waals surface area (Å²) in [7, 11) is 1.63. The van der Waals surface area contributed by atoms with Gasteiger partial charge < -0.3 is 9.64 Å². The van der Waals surface area contributed by atoms with Gasteiger partial charge in [-0.15, -0.1) is 0 Å². The first kappa shape index (κ1) is 17.7. The van der Waals surface area contributed by atoms with Crippen molar-refractivity contribution < 1.29 is 9.53 Å². The van der Waals surface area contributed by atoms with E-state index in [2.05, 4.69) is 23.7 Å². The molecular weight excluding hydrogens is 326 g/mol. The van der Waals surface area contributed by atoms with Crippen molar-refractivity contribution in [3.63, 3.8) is 0 Å². The van der Waals surface area contributed by atoms with Gasteiger partial charge in [0.1, 0.15) is 11.4 Å². The molecule has 2 aromatic rings. The first-order valence-electron chi connectivity index (χ1n) is 8.76. The molecule has 0 saturated heterocycles. The number of methoxy groups -OCH3 is 1. The second-order valence-corrected chi connectivity index (χ2v) is 5.86. The monoisotopic (exact) mass is 349 g/mol. The highest BCUT2D eigenvalue weighted by molar-refractivity contribution is 6.28. The van der Waals surface area contributed by atoms with Gasteiger partial charge in [0, 0.05) is 13.1 Å². The zero-order valence-electron chi connectivity index (χ0n) is 15.3. The summed E-state index contributed by atoms with van der Waals surface area (Å²) in [6.07, 6.45) is 1.81. The fraction of sp³-hybridized carbons (Fsp3) is 0.238. The molecule has 5 nitrogen and oxygen atoms in total. The SMILES string of the molecule is CCN(CC)C1=N/C(=C\c2ccc(OC)cc2)C(=O)N1c1ccccc1. The summed E-state index contributed by atoms with van der Waals surface area (Å²) in [4.78, 5) is 21.5. The summed E-state index contributed by atoms with van der Waals surface area (Å²) in [6, 6.07) is 17.2. The number of nitrogens with zero attached hydrogens (tertiary/aromatic N) is 3. The van der Waals surface area contributed by atoms with Gasteiger partial charge in [-0.25, -0.2) is 9.89 Å². The Morgan fingerprint density at radius 1 is 1.04 bits per heavy atom. The Morgan fingerprint density at radius 2 is 1.69 bits per heavy atom. The first-order valence-corrected chi connectivity index (χ1v) is 8.76. The number of guanidine groups is 1. The fourth-order valence-corrected chi connectivity index (χ4v) is 2.89. The average molecular weight is 349 g/mol. The predicted molar refractivity (Wildman–Crippen MR) is 105 cm³/mol. The summed E-state index contributed by atoms with van der Waals surface area (Å²) in [5.41, 5.74) is 2.16. The number of benzene rings is 2. The van der Waals surface area contributed by atoms with E-state index < -0.39 is 0 Å². The summed E-state index contributed by atoms with van der Waals surface area (Å²) in [6.45, 7) is 5.68. The molecule has 0 N–H and O–H groups in total. The van der Waals surface area contributed by atoms with E-state index in [0.717, 1.165) is 30.1 Å². The van der Waals surface area contributed by atoms with Crippen LogP contribution in [0.2, 0.25) is 0 Å². The van der Waals surface area contributed by atoms with Gasteiger partial charge in [-0.05, 0) is 49.8 Å². The zero-order chi connectivity index (χ0) is 18.5. The minimum atomic E-state index is -0.117. The van der Waals surface area contributed by atoms with E-state index in [1.54, 1.807) is 12.0 Å². The lowest BCUT2D eigenvalue weighted by Crippen LogP contribution is -2.44. The smallest absolute Gasteiger partial charge is 0.283 e. The molecule has 1 heterocycles. The zero-order valence-corrected chi connectivity index (χ0v) is 15.3. The molecule has 0 aromatic heterocycles. The molecule has 0 aliphatic carbocycles. The Balaban J connectivity index is 2.01. The van der Waals surface area contributed by atoms with Crippen LogP contribution >= 0.6 is 0 Å². The molecule has 0 unspecified atom stereocenters. The van der Waals surface area contributed by atoms with E-state index in [1.165, 1.54) is 0 Å². The van der Waals surface area contributed by atoms with Crippen LogP contribution in [0.1, 0.15) is 19.4 Å². The fourth-order valence-electron chi connectivity index (χ4n) is 2.89. The van der Waals surface area contributed by atoms with Crippen molar-refractivity contribution in [2.45, 2.75) is 13.8 Å². The third-order valence-corrected chi connectivity index (χ3v) is 4.32. The topological polar surface area (TPSA) is 45.1 Å². The van der Waals surface area contributed by atoms with Crippen LogP contribution in [0.5, 0.6) is 5.75 Å². The summed E-state index contributed by atoms with van der Waals surface area (Å²) < 4.78 is 5.18. The van der Waals surface area contributed by atoms with Crippen molar-refractivity contribution in [1.29, 1.82) is 0 Å². The van der Waals surface area contributed by atoms with E-state index in [0.29, 0.717) is 11.7 Å². The highest BCUT2D eigenvalue weighted by atomic mass is 16.5. The summed E-state index contributed by atoms with van der Waals surface area (Å²) >= 11 is 0. The number of rotatable bonds is 5. The van der Waals surface area contributed by atoms with Crippen molar-refractivity contribution in [2.75, 3.05) is 25.1 Å². The van der Waals surface area contributed by atoms with Crippen molar-refractivity contribution in [1.82, 2.24) is 4.90 Å². The Morgan fingerprint density at radius 3 is 2.27 bits per heavy atom. The third kappa shape index (κ3) is 3.47. The minimum Gasteiger partial charge on any atom is -0.497 e. The molecule has 0 bridgehead atoms. The summed E-state index contributed by atoms with van der Waals surface area (Å²) in [5.74, 6) is 1.34. The number of amides is 1. The van der Waals surface area contributed by atoms with E-state index >= 15 is 0 Å². The maximum absolute atomic E-state index is 13.1. The van der Waals surface area contributed by atoms with Gasteiger partial charge in [0.15, 0.2) is 0 Å². The van der Waals surface area contributed by atoms with E-state index in [1.807, 2.05) is 60.7 Å². The molecule has 2 aromatic carbocycles. The molecule has 26 heavy (non-hydrogen) atoms. The maximum Gasteiger partial charge on any atom is 0.283 e. The molecule has 3 rings (SSSR count). The van der Waals surface area contributed by atoms with E-state index in [-0.39, 0.29) is 5.91 Å².